The Morgan fingerprint density at radius 3 is 2.58 bits per heavy atom. The van der Waals surface area contributed by atoms with Gasteiger partial charge < -0.3 is 10.2 Å². The van der Waals surface area contributed by atoms with E-state index in [2.05, 4.69) is 24.1 Å². The van der Waals surface area contributed by atoms with Gasteiger partial charge in [0.2, 0.25) is 0 Å². The molecule has 1 heterocycles. The minimum atomic E-state index is 0.0601. The van der Waals surface area contributed by atoms with Crippen LogP contribution in [0.15, 0.2) is 12.1 Å². The maximum absolute atomic E-state index is 12.4. The average molecular weight is 263 g/mol. The van der Waals surface area contributed by atoms with Gasteiger partial charge in [-0.15, -0.1) is 0 Å². The molecule has 0 fully saturated rings. The molecule has 0 unspecified atom stereocenters. The van der Waals surface area contributed by atoms with Crippen LogP contribution in [-0.4, -0.2) is 35.9 Å². The summed E-state index contributed by atoms with van der Waals surface area (Å²) in [5.74, 6) is 1.31. The first kappa shape index (κ1) is 15.5. The molecule has 1 rings (SSSR count). The second-order valence-corrected chi connectivity index (χ2v) is 5.20. The molecule has 0 aromatic carbocycles. The SMILES string of the molecule is CCNc1cc(C(=O)N(C)CC(C)C)cc(CC)n1. The van der Waals surface area contributed by atoms with Crippen LogP contribution < -0.4 is 5.32 Å². The first-order chi connectivity index (χ1) is 8.97. The Kier molecular flexibility index (Phi) is 5.80. The average Bonchev–Trinajstić information content (AvgIpc) is 2.37. The van der Waals surface area contributed by atoms with Crippen LogP contribution >= 0.6 is 0 Å². The summed E-state index contributed by atoms with van der Waals surface area (Å²) >= 11 is 0. The minimum Gasteiger partial charge on any atom is -0.370 e. The van der Waals surface area contributed by atoms with Crippen LogP contribution in [0.25, 0.3) is 0 Å². The summed E-state index contributed by atoms with van der Waals surface area (Å²) in [4.78, 5) is 18.6. The van der Waals surface area contributed by atoms with Crippen molar-refractivity contribution >= 4 is 11.7 Å². The summed E-state index contributed by atoms with van der Waals surface area (Å²) in [6.45, 7) is 9.85. The molecular weight excluding hydrogens is 238 g/mol. The van der Waals surface area contributed by atoms with Gasteiger partial charge in [0.05, 0.1) is 0 Å². The first-order valence-corrected chi connectivity index (χ1v) is 6.98. The van der Waals surface area contributed by atoms with Gasteiger partial charge in [0.15, 0.2) is 0 Å². The first-order valence-electron chi connectivity index (χ1n) is 6.98. The topological polar surface area (TPSA) is 45.2 Å². The van der Waals surface area contributed by atoms with E-state index in [4.69, 9.17) is 0 Å². The van der Waals surface area contributed by atoms with Crippen molar-refractivity contribution < 1.29 is 4.79 Å². The number of hydrogen-bond donors (Lipinski definition) is 1. The van der Waals surface area contributed by atoms with E-state index in [0.717, 1.165) is 31.0 Å². The van der Waals surface area contributed by atoms with Crippen LogP contribution in [-0.2, 0) is 6.42 Å². The number of aromatic nitrogens is 1. The Morgan fingerprint density at radius 2 is 2.05 bits per heavy atom. The Bertz CT molecular complexity index is 429. The van der Waals surface area contributed by atoms with E-state index in [1.165, 1.54) is 0 Å². The molecule has 19 heavy (non-hydrogen) atoms. The second-order valence-electron chi connectivity index (χ2n) is 5.20. The molecule has 0 aliphatic rings. The van der Waals surface area contributed by atoms with E-state index >= 15 is 0 Å². The predicted octanol–water partition coefficient (Wildman–Crippen LogP) is 2.80. The minimum absolute atomic E-state index is 0.0601. The molecule has 4 nitrogen and oxygen atoms in total. The molecule has 0 bridgehead atoms. The Labute approximate surface area is 116 Å². The molecule has 0 saturated heterocycles. The summed E-state index contributed by atoms with van der Waals surface area (Å²) in [7, 11) is 1.85. The van der Waals surface area contributed by atoms with Crippen molar-refractivity contribution in [3.63, 3.8) is 0 Å². The van der Waals surface area contributed by atoms with Gasteiger partial charge in [0.1, 0.15) is 5.82 Å². The summed E-state index contributed by atoms with van der Waals surface area (Å²) in [6, 6.07) is 3.72. The van der Waals surface area contributed by atoms with E-state index in [1.54, 1.807) is 4.90 Å². The molecule has 106 valence electrons. The van der Waals surface area contributed by atoms with Gasteiger partial charge in [-0.25, -0.2) is 4.98 Å². The molecule has 1 amide bonds. The van der Waals surface area contributed by atoms with E-state index in [-0.39, 0.29) is 5.91 Å². The standard InChI is InChI=1S/C15H25N3O/c1-6-13-8-12(9-14(17-13)16-7-2)15(19)18(5)10-11(3)4/h8-9,11H,6-7,10H2,1-5H3,(H,16,17). The highest BCUT2D eigenvalue weighted by molar-refractivity contribution is 5.94. The number of carbonyl (C=O) groups is 1. The fourth-order valence-corrected chi connectivity index (χ4v) is 2.02. The second kappa shape index (κ2) is 7.12. The smallest absolute Gasteiger partial charge is 0.253 e. The zero-order valence-electron chi connectivity index (χ0n) is 12.7. The number of hydrogen-bond acceptors (Lipinski definition) is 3. The summed E-state index contributed by atoms with van der Waals surface area (Å²) < 4.78 is 0. The van der Waals surface area contributed by atoms with Crippen LogP contribution in [0.3, 0.4) is 0 Å². The molecule has 0 saturated carbocycles. The molecular formula is C15H25N3O. The molecule has 1 aromatic rings. The summed E-state index contributed by atoms with van der Waals surface area (Å²) in [5.41, 5.74) is 1.66. The van der Waals surface area contributed by atoms with Crippen molar-refractivity contribution in [1.29, 1.82) is 0 Å². The largest absolute Gasteiger partial charge is 0.370 e. The molecule has 0 radical (unpaired) electrons. The summed E-state index contributed by atoms with van der Waals surface area (Å²) in [5, 5.41) is 3.18. The Morgan fingerprint density at radius 1 is 1.37 bits per heavy atom. The third-order valence-electron chi connectivity index (χ3n) is 2.83. The molecule has 4 heteroatoms. The number of nitrogens with one attached hydrogen (secondary N) is 1. The van der Waals surface area contributed by atoms with Gasteiger partial charge >= 0.3 is 0 Å². The monoisotopic (exact) mass is 263 g/mol. The number of pyridine rings is 1. The van der Waals surface area contributed by atoms with Gasteiger partial charge in [-0.05, 0) is 31.4 Å². The fraction of sp³-hybridized carbons (Fsp3) is 0.600. The van der Waals surface area contributed by atoms with Crippen LogP contribution in [0.2, 0.25) is 0 Å². The number of aryl methyl sites for hydroxylation is 1. The number of nitrogens with zero attached hydrogens (tertiary/aromatic N) is 2. The highest BCUT2D eigenvalue weighted by atomic mass is 16.2. The van der Waals surface area contributed by atoms with Gasteiger partial charge in [-0.1, -0.05) is 20.8 Å². The molecule has 0 aliphatic heterocycles. The number of amides is 1. The predicted molar refractivity (Wildman–Crippen MR) is 79.6 cm³/mol. The van der Waals surface area contributed by atoms with Crippen LogP contribution in [0.1, 0.15) is 43.7 Å². The molecule has 1 N–H and O–H groups in total. The molecule has 0 atom stereocenters. The van der Waals surface area contributed by atoms with Crippen molar-refractivity contribution in [3.05, 3.63) is 23.4 Å². The number of carbonyl (C=O) groups excluding carboxylic acids is 1. The summed E-state index contributed by atoms with van der Waals surface area (Å²) in [6.07, 6.45) is 0.827. The lowest BCUT2D eigenvalue weighted by atomic mass is 10.1. The van der Waals surface area contributed by atoms with E-state index in [0.29, 0.717) is 11.5 Å². The lowest BCUT2D eigenvalue weighted by molar-refractivity contribution is 0.0779. The molecule has 1 aromatic heterocycles. The normalized spacial score (nSPS) is 10.6. The lowest BCUT2D eigenvalue weighted by Gasteiger charge is -2.20. The lowest BCUT2D eigenvalue weighted by Crippen LogP contribution is -2.30. The van der Waals surface area contributed by atoms with E-state index < -0.39 is 0 Å². The third kappa shape index (κ3) is 4.54. The van der Waals surface area contributed by atoms with Gasteiger partial charge in [-0.2, -0.15) is 0 Å². The molecule has 0 spiro atoms. The van der Waals surface area contributed by atoms with Crippen molar-refractivity contribution in [3.8, 4) is 0 Å². The molecule has 0 aliphatic carbocycles. The van der Waals surface area contributed by atoms with Crippen LogP contribution in [0.4, 0.5) is 5.82 Å². The van der Waals surface area contributed by atoms with E-state index in [1.807, 2.05) is 33.0 Å². The quantitative estimate of drug-likeness (QED) is 0.858. The maximum atomic E-state index is 12.4. The van der Waals surface area contributed by atoms with Gasteiger partial charge in [-0.3, -0.25) is 4.79 Å². The van der Waals surface area contributed by atoms with Crippen molar-refractivity contribution in [2.75, 3.05) is 25.5 Å². The highest BCUT2D eigenvalue weighted by Crippen LogP contribution is 2.13. The fourth-order valence-electron chi connectivity index (χ4n) is 2.02. The van der Waals surface area contributed by atoms with Gasteiger partial charge in [0.25, 0.3) is 5.91 Å². The van der Waals surface area contributed by atoms with Crippen LogP contribution in [0.5, 0.6) is 0 Å². The maximum Gasteiger partial charge on any atom is 0.253 e. The number of rotatable bonds is 6. The van der Waals surface area contributed by atoms with Crippen molar-refractivity contribution in [2.24, 2.45) is 5.92 Å². The number of anilines is 1. The van der Waals surface area contributed by atoms with Crippen molar-refractivity contribution in [1.82, 2.24) is 9.88 Å². The highest BCUT2D eigenvalue weighted by Gasteiger charge is 2.14. The van der Waals surface area contributed by atoms with Crippen LogP contribution in [0, 0.1) is 5.92 Å². The van der Waals surface area contributed by atoms with Gasteiger partial charge in [0, 0.05) is 31.4 Å². The Hall–Kier alpha value is -1.58. The Balaban J connectivity index is 2.97. The van der Waals surface area contributed by atoms with Crippen molar-refractivity contribution in [2.45, 2.75) is 34.1 Å². The van der Waals surface area contributed by atoms with E-state index in [9.17, 15) is 4.79 Å². The third-order valence-corrected chi connectivity index (χ3v) is 2.83. The zero-order chi connectivity index (χ0) is 14.4. The zero-order valence-corrected chi connectivity index (χ0v) is 12.7.